The van der Waals surface area contributed by atoms with Gasteiger partial charge in [-0.2, -0.15) is 13.5 Å². The van der Waals surface area contributed by atoms with Crippen molar-refractivity contribution in [3.8, 4) is 0 Å². The van der Waals surface area contributed by atoms with Crippen LogP contribution in [0.2, 0.25) is 0 Å². The number of hydrogen-bond donors (Lipinski definition) is 2. The number of ketones is 1. The SMILES string of the molecule is COC(=O)/C(=N\Nc1ccc(S(=O)(=O)O)cc1)C(=O)c1ccc(F)cc1. The standard InChI is InChI=1S/C16H13FN2O6S/c1-25-16(21)14(15(20)10-2-4-11(17)5-3-10)19-18-12-6-8-13(9-7-12)26(22,23)24/h2-9,18H,1H3,(H,22,23,24)/b19-14-. The van der Waals surface area contributed by atoms with Gasteiger partial charge in [0.2, 0.25) is 11.5 Å². The van der Waals surface area contributed by atoms with E-state index in [1.54, 1.807) is 0 Å². The molecule has 136 valence electrons. The van der Waals surface area contributed by atoms with Gasteiger partial charge in [0.25, 0.3) is 10.1 Å². The molecule has 8 nitrogen and oxygen atoms in total. The molecule has 2 rings (SSSR count). The fraction of sp³-hybridized carbons (Fsp3) is 0.0625. The molecule has 10 heteroatoms. The Balaban J connectivity index is 2.28. The molecule has 0 aliphatic rings. The van der Waals surface area contributed by atoms with E-state index in [4.69, 9.17) is 4.55 Å². The summed E-state index contributed by atoms with van der Waals surface area (Å²) in [5.41, 5.74) is 2.10. The van der Waals surface area contributed by atoms with Gasteiger partial charge in [0.1, 0.15) is 5.82 Å². The van der Waals surface area contributed by atoms with Crippen LogP contribution in [0.25, 0.3) is 0 Å². The lowest BCUT2D eigenvalue weighted by atomic mass is 10.1. The zero-order valence-electron chi connectivity index (χ0n) is 13.3. The van der Waals surface area contributed by atoms with Crippen LogP contribution in [-0.2, 0) is 19.6 Å². The number of esters is 1. The van der Waals surface area contributed by atoms with E-state index in [1.807, 2.05) is 0 Å². The molecule has 0 aromatic heterocycles. The number of hydrogen-bond acceptors (Lipinski definition) is 7. The Kier molecular flexibility index (Phi) is 5.80. The second-order valence-electron chi connectivity index (χ2n) is 4.90. The summed E-state index contributed by atoms with van der Waals surface area (Å²) in [6.07, 6.45) is 0. The van der Waals surface area contributed by atoms with Crippen LogP contribution in [0.1, 0.15) is 10.4 Å². The first kappa shape index (κ1) is 19.2. The maximum atomic E-state index is 13.0. The van der Waals surface area contributed by atoms with Gasteiger partial charge in [-0.05, 0) is 48.5 Å². The lowest BCUT2D eigenvalue weighted by Crippen LogP contribution is -2.26. The molecule has 0 aliphatic carbocycles. The van der Waals surface area contributed by atoms with Crippen LogP contribution in [0.15, 0.2) is 58.5 Å². The Labute approximate surface area is 148 Å². The van der Waals surface area contributed by atoms with Crippen molar-refractivity contribution in [3.05, 3.63) is 59.9 Å². The van der Waals surface area contributed by atoms with Crippen LogP contribution in [0.3, 0.4) is 0 Å². The number of anilines is 1. The van der Waals surface area contributed by atoms with Crippen LogP contribution >= 0.6 is 0 Å². The number of methoxy groups -OCH3 is 1. The lowest BCUT2D eigenvalue weighted by molar-refractivity contribution is -0.132. The Morgan fingerprint density at radius 3 is 2.15 bits per heavy atom. The Hall–Kier alpha value is -3.11. The zero-order chi connectivity index (χ0) is 19.3. The largest absolute Gasteiger partial charge is 0.464 e. The van der Waals surface area contributed by atoms with Crippen molar-refractivity contribution < 1.29 is 31.7 Å². The number of ether oxygens (including phenoxy) is 1. The van der Waals surface area contributed by atoms with E-state index in [9.17, 15) is 22.4 Å². The molecule has 0 fully saturated rings. The van der Waals surface area contributed by atoms with Crippen LogP contribution in [0, 0.1) is 5.82 Å². The fourth-order valence-corrected chi connectivity index (χ4v) is 2.33. The minimum atomic E-state index is -4.34. The summed E-state index contributed by atoms with van der Waals surface area (Å²) in [6.45, 7) is 0. The van der Waals surface area contributed by atoms with Crippen molar-refractivity contribution in [2.45, 2.75) is 4.90 Å². The van der Waals surface area contributed by atoms with E-state index < -0.39 is 33.4 Å². The minimum Gasteiger partial charge on any atom is -0.464 e. The molecule has 2 N–H and O–H groups in total. The number of rotatable bonds is 6. The monoisotopic (exact) mass is 380 g/mol. The van der Waals surface area contributed by atoms with E-state index in [0.717, 1.165) is 31.4 Å². The van der Waals surface area contributed by atoms with Crippen molar-refractivity contribution in [1.29, 1.82) is 0 Å². The molecular formula is C16H13FN2O6S. The third kappa shape index (κ3) is 4.71. The number of carbonyl (C=O) groups excluding carboxylic acids is 2. The van der Waals surface area contributed by atoms with Crippen LogP contribution < -0.4 is 5.43 Å². The topological polar surface area (TPSA) is 122 Å². The Morgan fingerprint density at radius 1 is 1.08 bits per heavy atom. The summed E-state index contributed by atoms with van der Waals surface area (Å²) in [7, 11) is -3.28. The summed E-state index contributed by atoms with van der Waals surface area (Å²) in [4.78, 5) is 23.8. The maximum absolute atomic E-state index is 13.0. The molecule has 0 spiro atoms. The third-order valence-electron chi connectivity index (χ3n) is 3.15. The average molecular weight is 380 g/mol. The molecule has 0 heterocycles. The summed E-state index contributed by atoms with van der Waals surface area (Å²) in [5.74, 6) is -2.35. The molecule has 2 aromatic rings. The number of Topliss-reactive ketones (excluding diaryl/α,β-unsaturated/α-hetero) is 1. The predicted octanol–water partition coefficient (Wildman–Crippen LogP) is 1.90. The van der Waals surface area contributed by atoms with Crippen molar-refractivity contribution in [2.75, 3.05) is 12.5 Å². The van der Waals surface area contributed by atoms with Gasteiger partial charge in [0, 0.05) is 5.56 Å². The second kappa shape index (κ2) is 7.85. The van der Waals surface area contributed by atoms with E-state index in [-0.39, 0.29) is 16.1 Å². The number of carbonyl (C=O) groups is 2. The Morgan fingerprint density at radius 2 is 1.65 bits per heavy atom. The van der Waals surface area contributed by atoms with E-state index in [1.165, 1.54) is 24.3 Å². The molecular weight excluding hydrogens is 367 g/mol. The molecule has 0 saturated heterocycles. The molecule has 0 atom stereocenters. The van der Waals surface area contributed by atoms with Crippen LogP contribution in [0.4, 0.5) is 10.1 Å². The predicted molar refractivity (Wildman–Crippen MR) is 90.1 cm³/mol. The highest BCUT2D eigenvalue weighted by Crippen LogP contribution is 2.14. The van der Waals surface area contributed by atoms with Crippen molar-refractivity contribution >= 4 is 33.3 Å². The highest BCUT2D eigenvalue weighted by Gasteiger charge is 2.23. The highest BCUT2D eigenvalue weighted by atomic mass is 32.2. The lowest BCUT2D eigenvalue weighted by Gasteiger charge is -2.06. The zero-order valence-corrected chi connectivity index (χ0v) is 14.2. The smallest absolute Gasteiger partial charge is 0.362 e. The number of nitrogens with one attached hydrogen (secondary N) is 1. The van der Waals surface area contributed by atoms with Gasteiger partial charge in [0.05, 0.1) is 17.7 Å². The van der Waals surface area contributed by atoms with Gasteiger partial charge >= 0.3 is 5.97 Å². The van der Waals surface area contributed by atoms with E-state index in [0.29, 0.717) is 0 Å². The molecule has 0 saturated carbocycles. The molecule has 0 amide bonds. The molecule has 0 radical (unpaired) electrons. The summed E-state index contributed by atoms with van der Waals surface area (Å²) < 4.78 is 48.3. The van der Waals surface area contributed by atoms with Gasteiger partial charge in [-0.25, -0.2) is 9.18 Å². The molecule has 26 heavy (non-hydrogen) atoms. The first-order valence-electron chi connectivity index (χ1n) is 7.02. The van der Waals surface area contributed by atoms with Gasteiger partial charge < -0.3 is 4.74 Å². The van der Waals surface area contributed by atoms with Crippen molar-refractivity contribution in [2.24, 2.45) is 5.10 Å². The van der Waals surface area contributed by atoms with Gasteiger partial charge in [-0.3, -0.25) is 14.8 Å². The molecule has 0 bridgehead atoms. The summed E-state index contributed by atoms with van der Waals surface area (Å²) in [5, 5.41) is 3.69. The first-order valence-corrected chi connectivity index (χ1v) is 8.46. The Bertz CT molecular complexity index is 953. The van der Waals surface area contributed by atoms with E-state index >= 15 is 0 Å². The van der Waals surface area contributed by atoms with Crippen LogP contribution in [-0.4, -0.2) is 37.5 Å². The normalized spacial score (nSPS) is 11.7. The van der Waals surface area contributed by atoms with E-state index in [2.05, 4.69) is 15.3 Å². The molecule has 2 aromatic carbocycles. The van der Waals surface area contributed by atoms with Crippen molar-refractivity contribution in [3.63, 3.8) is 0 Å². The number of nitrogens with zero attached hydrogens (tertiary/aromatic N) is 1. The molecule has 0 unspecified atom stereocenters. The second-order valence-corrected chi connectivity index (χ2v) is 6.32. The first-order chi connectivity index (χ1) is 12.2. The minimum absolute atomic E-state index is 0.0269. The number of hydrazone groups is 1. The third-order valence-corrected chi connectivity index (χ3v) is 4.02. The average Bonchev–Trinajstić information content (AvgIpc) is 2.61. The highest BCUT2D eigenvalue weighted by molar-refractivity contribution is 7.85. The summed E-state index contributed by atoms with van der Waals surface area (Å²) >= 11 is 0. The molecule has 0 aliphatic heterocycles. The van der Waals surface area contributed by atoms with Crippen LogP contribution in [0.5, 0.6) is 0 Å². The quantitative estimate of drug-likeness (QED) is 0.196. The van der Waals surface area contributed by atoms with Gasteiger partial charge in [-0.15, -0.1) is 0 Å². The summed E-state index contributed by atoms with van der Waals surface area (Å²) in [6, 6.07) is 9.24. The number of benzene rings is 2. The maximum Gasteiger partial charge on any atom is 0.362 e. The fourth-order valence-electron chi connectivity index (χ4n) is 1.85. The van der Waals surface area contributed by atoms with Crippen molar-refractivity contribution in [1.82, 2.24) is 0 Å². The number of halogens is 1. The van der Waals surface area contributed by atoms with Gasteiger partial charge in [0.15, 0.2) is 0 Å². The van der Waals surface area contributed by atoms with Gasteiger partial charge in [-0.1, -0.05) is 0 Å².